The molecule has 0 unspecified atom stereocenters. The van der Waals surface area contributed by atoms with Crippen LogP contribution >= 0.6 is 12.6 Å². The maximum atomic E-state index is 10.3. The first kappa shape index (κ1) is 7.98. The van der Waals surface area contributed by atoms with Crippen LogP contribution in [0, 0.1) is 0 Å². The Morgan fingerprint density at radius 3 is 2.50 bits per heavy atom. The number of carbonyl (C=O) groups excluding carboxylic acids is 1. The van der Waals surface area contributed by atoms with Gasteiger partial charge in [0.25, 0.3) is 0 Å². The molecule has 3 heteroatoms. The van der Waals surface area contributed by atoms with Crippen molar-refractivity contribution < 1.29 is 10.5 Å². The van der Waals surface area contributed by atoms with E-state index in [0.717, 1.165) is 12.8 Å². The number of hydrogen-bond donors (Lipinski definition) is 2. The van der Waals surface area contributed by atoms with Gasteiger partial charge in [0.05, 0.1) is 0 Å². The van der Waals surface area contributed by atoms with Gasteiger partial charge in [-0.2, -0.15) is 0 Å². The molecule has 8 heavy (non-hydrogen) atoms. The maximum Gasteiger partial charge on any atom is 0.243 e. The summed E-state index contributed by atoms with van der Waals surface area (Å²) >= 11 is 3.63. The average Bonchev–Trinajstić information content (AvgIpc) is 1.67. The van der Waals surface area contributed by atoms with Gasteiger partial charge in [-0.3, -0.25) is 4.79 Å². The third-order valence-electron chi connectivity index (χ3n) is 0.986. The van der Waals surface area contributed by atoms with Gasteiger partial charge in [-0.05, 0) is 0 Å². The second-order valence-electron chi connectivity index (χ2n) is 1.82. The lowest BCUT2D eigenvalue weighted by Crippen LogP contribution is -2.63. The summed E-state index contributed by atoms with van der Waals surface area (Å²) in [6, 6.07) is -0.108. The van der Waals surface area contributed by atoms with Gasteiger partial charge in [-0.25, -0.2) is 0 Å². The van der Waals surface area contributed by atoms with Crippen molar-refractivity contribution in [1.29, 1.82) is 0 Å². The van der Waals surface area contributed by atoms with Crippen LogP contribution < -0.4 is 5.73 Å². The van der Waals surface area contributed by atoms with Crippen molar-refractivity contribution in [3.05, 3.63) is 0 Å². The second-order valence-corrected chi connectivity index (χ2v) is 2.26. The molecule has 2 nitrogen and oxygen atoms in total. The smallest absolute Gasteiger partial charge is 0.243 e. The molecular weight excluding hydrogens is 122 g/mol. The van der Waals surface area contributed by atoms with Crippen LogP contribution in [0.5, 0.6) is 0 Å². The summed E-state index contributed by atoms with van der Waals surface area (Å²) in [5.41, 5.74) is 3.60. The average molecular weight is 134 g/mol. The molecule has 0 fully saturated rings. The van der Waals surface area contributed by atoms with E-state index in [4.69, 9.17) is 0 Å². The highest BCUT2D eigenvalue weighted by Crippen LogP contribution is 1.93. The van der Waals surface area contributed by atoms with Crippen molar-refractivity contribution in [2.75, 3.05) is 0 Å². The van der Waals surface area contributed by atoms with E-state index in [-0.39, 0.29) is 11.2 Å². The summed E-state index contributed by atoms with van der Waals surface area (Å²) < 4.78 is 0. The van der Waals surface area contributed by atoms with E-state index in [0.29, 0.717) is 0 Å². The van der Waals surface area contributed by atoms with Crippen LogP contribution in [-0.4, -0.2) is 11.2 Å². The molecule has 0 radical (unpaired) electrons. The number of quaternary nitrogens is 1. The highest BCUT2D eigenvalue weighted by Gasteiger charge is 2.09. The first-order valence-electron chi connectivity index (χ1n) is 2.74. The van der Waals surface area contributed by atoms with Crippen LogP contribution in [0.25, 0.3) is 0 Å². The number of rotatable bonds is 3. The summed E-state index contributed by atoms with van der Waals surface area (Å²) in [5.74, 6) is 0. The molecule has 0 aromatic rings. The van der Waals surface area contributed by atoms with Gasteiger partial charge in [0.15, 0.2) is 6.04 Å². The van der Waals surface area contributed by atoms with Crippen LogP contribution in [-0.2, 0) is 4.79 Å². The zero-order valence-electron chi connectivity index (χ0n) is 5.05. The fraction of sp³-hybridized carbons (Fsp3) is 0.800. The fourth-order valence-electron chi connectivity index (χ4n) is 0.472. The van der Waals surface area contributed by atoms with Gasteiger partial charge in [0, 0.05) is 6.42 Å². The molecule has 0 aromatic carbocycles. The van der Waals surface area contributed by atoms with E-state index in [9.17, 15) is 4.79 Å². The van der Waals surface area contributed by atoms with Gasteiger partial charge in [-0.15, -0.1) is 0 Å². The minimum atomic E-state index is -0.108. The van der Waals surface area contributed by atoms with Crippen molar-refractivity contribution in [1.82, 2.24) is 0 Å². The third kappa shape index (κ3) is 3.04. The van der Waals surface area contributed by atoms with Crippen LogP contribution in [0.2, 0.25) is 0 Å². The molecule has 0 rings (SSSR count). The lowest BCUT2D eigenvalue weighted by molar-refractivity contribution is -0.402. The molecule has 0 saturated heterocycles. The van der Waals surface area contributed by atoms with E-state index in [2.05, 4.69) is 18.4 Å². The molecule has 1 atom stereocenters. The van der Waals surface area contributed by atoms with Gasteiger partial charge < -0.3 is 5.73 Å². The minimum absolute atomic E-state index is 0.105. The van der Waals surface area contributed by atoms with Crippen molar-refractivity contribution in [2.24, 2.45) is 0 Å². The number of carbonyl (C=O) groups is 1. The Bertz CT molecular complexity index is 84.5. The Balaban J connectivity index is 3.32. The molecule has 0 spiro atoms. The van der Waals surface area contributed by atoms with E-state index in [1.54, 1.807) is 0 Å². The molecule has 0 heterocycles. The Hall–Kier alpha value is -0.0200. The molecular formula is C5H12NOS+. The first-order chi connectivity index (χ1) is 3.68. The van der Waals surface area contributed by atoms with Crippen LogP contribution in [0.1, 0.15) is 19.8 Å². The highest BCUT2D eigenvalue weighted by atomic mass is 32.1. The standard InChI is InChI=1S/C5H11NOS/c1-2-3-4(6)5(7)8/h4H,2-3,6H2,1H3,(H,7,8)/p+1/t4-/m0/s1. The van der Waals surface area contributed by atoms with E-state index < -0.39 is 0 Å². The zero-order valence-corrected chi connectivity index (χ0v) is 5.95. The maximum absolute atomic E-state index is 10.3. The topological polar surface area (TPSA) is 44.7 Å². The predicted molar refractivity (Wildman–Crippen MR) is 35.6 cm³/mol. The molecule has 0 aliphatic rings. The Morgan fingerprint density at radius 1 is 1.88 bits per heavy atom. The normalized spacial score (nSPS) is 13.4. The molecule has 3 N–H and O–H groups in total. The first-order valence-corrected chi connectivity index (χ1v) is 3.19. The van der Waals surface area contributed by atoms with Gasteiger partial charge in [0.1, 0.15) is 0 Å². The van der Waals surface area contributed by atoms with Crippen molar-refractivity contribution in [2.45, 2.75) is 25.8 Å². The van der Waals surface area contributed by atoms with E-state index in [1.807, 2.05) is 6.92 Å². The largest absolute Gasteiger partial charge is 0.348 e. The Kier molecular flexibility index (Phi) is 3.91. The van der Waals surface area contributed by atoms with E-state index in [1.165, 1.54) is 0 Å². The van der Waals surface area contributed by atoms with Crippen LogP contribution in [0.4, 0.5) is 0 Å². The summed E-state index contributed by atoms with van der Waals surface area (Å²) in [6.45, 7) is 2.02. The summed E-state index contributed by atoms with van der Waals surface area (Å²) in [5, 5.41) is -0.105. The molecule has 0 bridgehead atoms. The minimum Gasteiger partial charge on any atom is -0.348 e. The summed E-state index contributed by atoms with van der Waals surface area (Å²) in [6.07, 6.45) is 1.85. The highest BCUT2D eigenvalue weighted by molar-refractivity contribution is 7.96. The lowest BCUT2D eigenvalue weighted by atomic mass is 10.2. The van der Waals surface area contributed by atoms with Gasteiger partial charge in [0.2, 0.25) is 5.12 Å². The lowest BCUT2D eigenvalue weighted by Gasteiger charge is -1.97. The molecule has 0 saturated carbocycles. The van der Waals surface area contributed by atoms with Crippen LogP contribution in [0.15, 0.2) is 0 Å². The van der Waals surface area contributed by atoms with Gasteiger partial charge >= 0.3 is 0 Å². The Morgan fingerprint density at radius 2 is 2.38 bits per heavy atom. The number of hydrogen-bond acceptors (Lipinski definition) is 1. The second kappa shape index (κ2) is 3.92. The monoisotopic (exact) mass is 134 g/mol. The quantitative estimate of drug-likeness (QED) is 0.518. The molecule has 0 amide bonds. The van der Waals surface area contributed by atoms with Crippen LogP contribution in [0.3, 0.4) is 0 Å². The fourth-order valence-corrected chi connectivity index (χ4v) is 0.601. The molecule has 0 aliphatic heterocycles. The van der Waals surface area contributed by atoms with Crippen molar-refractivity contribution in [3.8, 4) is 0 Å². The van der Waals surface area contributed by atoms with E-state index >= 15 is 0 Å². The molecule has 48 valence electrons. The predicted octanol–water partition coefficient (Wildman–Crippen LogP) is -0.147. The molecule has 0 aliphatic carbocycles. The van der Waals surface area contributed by atoms with Crippen molar-refractivity contribution in [3.63, 3.8) is 0 Å². The SMILES string of the molecule is CCC[C@H]([NH3+])C(=O)S. The number of thiol groups is 1. The third-order valence-corrected chi connectivity index (χ3v) is 1.35. The van der Waals surface area contributed by atoms with Crippen molar-refractivity contribution >= 4 is 17.7 Å². The summed E-state index contributed by atoms with van der Waals surface area (Å²) in [7, 11) is 0. The Labute approximate surface area is 54.9 Å². The molecule has 0 aromatic heterocycles. The zero-order chi connectivity index (χ0) is 6.57. The summed E-state index contributed by atoms with van der Waals surface area (Å²) in [4.78, 5) is 10.3. The van der Waals surface area contributed by atoms with Gasteiger partial charge in [-0.1, -0.05) is 26.0 Å².